The maximum atomic E-state index is 12.5. The molecule has 1 saturated heterocycles. The summed E-state index contributed by atoms with van der Waals surface area (Å²) in [4.78, 5) is 38.3. The third-order valence-electron chi connectivity index (χ3n) is 5.47. The summed E-state index contributed by atoms with van der Waals surface area (Å²) in [5.74, 6) is -0.370. The number of aromatic hydroxyl groups is 1. The van der Waals surface area contributed by atoms with Crippen molar-refractivity contribution in [3.05, 3.63) is 24.3 Å². The van der Waals surface area contributed by atoms with Crippen LogP contribution in [0.25, 0.3) is 0 Å². The van der Waals surface area contributed by atoms with E-state index < -0.39 is 5.91 Å². The highest BCUT2D eigenvalue weighted by Gasteiger charge is 2.60. The number of carbonyl (C=O) groups is 3. The second-order valence-corrected chi connectivity index (χ2v) is 6.74. The second-order valence-electron chi connectivity index (χ2n) is 6.74. The smallest absolute Gasteiger partial charge is 0.244 e. The second kappa shape index (κ2) is 5.08. The number of likely N-dealkylation sites (tertiary alicyclic amines) is 1. The summed E-state index contributed by atoms with van der Waals surface area (Å²) in [7, 11) is 0. The Morgan fingerprint density at radius 2 is 1.65 bits per heavy atom. The first-order valence-corrected chi connectivity index (χ1v) is 7.98. The van der Waals surface area contributed by atoms with Gasteiger partial charge in [-0.15, -0.1) is 0 Å². The van der Waals surface area contributed by atoms with Crippen LogP contribution in [-0.2, 0) is 14.4 Å². The first-order valence-electron chi connectivity index (χ1n) is 7.98. The molecule has 3 amide bonds. The summed E-state index contributed by atoms with van der Waals surface area (Å²) in [5, 5.41) is 11.9. The number of fused-ring (bicyclic) bond motifs is 5. The fraction of sp³-hybridized carbons (Fsp3) is 0.471. The fourth-order valence-electron chi connectivity index (χ4n) is 4.52. The summed E-state index contributed by atoms with van der Waals surface area (Å²) >= 11 is 0. The molecule has 6 nitrogen and oxygen atoms in total. The van der Waals surface area contributed by atoms with Crippen LogP contribution in [0.5, 0.6) is 5.75 Å². The van der Waals surface area contributed by atoms with Gasteiger partial charge in [0.1, 0.15) is 12.3 Å². The molecule has 4 rings (SSSR count). The largest absolute Gasteiger partial charge is 0.508 e. The minimum atomic E-state index is -0.398. The van der Waals surface area contributed by atoms with E-state index in [1.165, 1.54) is 12.1 Å². The van der Waals surface area contributed by atoms with Crippen molar-refractivity contribution in [1.29, 1.82) is 0 Å². The maximum Gasteiger partial charge on any atom is 0.244 e. The van der Waals surface area contributed by atoms with Crippen molar-refractivity contribution < 1.29 is 19.5 Å². The molecular weight excluding hydrogens is 296 g/mol. The molecule has 1 aromatic rings. The third kappa shape index (κ3) is 2.20. The van der Waals surface area contributed by atoms with Crippen LogP contribution in [0.1, 0.15) is 19.3 Å². The van der Waals surface area contributed by atoms with E-state index in [2.05, 4.69) is 5.32 Å². The Bertz CT molecular complexity index is 656. The van der Waals surface area contributed by atoms with E-state index in [1.54, 1.807) is 12.1 Å². The van der Waals surface area contributed by atoms with Gasteiger partial charge in [-0.3, -0.25) is 19.3 Å². The normalized spacial score (nSPS) is 31.6. The van der Waals surface area contributed by atoms with E-state index in [4.69, 9.17) is 0 Å². The Morgan fingerprint density at radius 1 is 1.09 bits per heavy atom. The van der Waals surface area contributed by atoms with Crippen LogP contribution < -0.4 is 5.32 Å². The van der Waals surface area contributed by atoms with Crippen LogP contribution in [0.4, 0.5) is 5.69 Å². The fourth-order valence-corrected chi connectivity index (χ4v) is 4.52. The van der Waals surface area contributed by atoms with Gasteiger partial charge in [0.15, 0.2) is 0 Å². The predicted octanol–water partition coefficient (Wildman–Crippen LogP) is 1.36. The molecule has 1 aromatic carbocycles. The summed E-state index contributed by atoms with van der Waals surface area (Å²) in [6, 6.07) is 6.05. The number of phenolic OH excluding ortho intramolecular Hbond substituents is 1. The van der Waals surface area contributed by atoms with E-state index in [0.29, 0.717) is 17.5 Å². The SMILES string of the molecule is O=C(CN1C(=O)[C@@H]2[C@H]3CC[C@@H](C3)[C@@H]2C1=O)Nc1ccc(O)cc1. The lowest BCUT2D eigenvalue weighted by atomic mass is 9.81. The highest BCUT2D eigenvalue weighted by Crippen LogP contribution is 2.56. The van der Waals surface area contributed by atoms with E-state index in [1.807, 2.05) is 0 Å². The van der Waals surface area contributed by atoms with Crippen molar-refractivity contribution in [2.45, 2.75) is 19.3 Å². The lowest BCUT2D eigenvalue weighted by Gasteiger charge is -2.19. The number of benzene rings is 1. The van der Waals surface area contributed by atoms with Crippen LogP contribution in [0, 0.1) is 23.7 Å². The Kier molecular flexibility index (Phi) is 3.14. The van der Waals surface area contributed by atoms with Crippen molar-refractivity contribution >= 4 is 23.4 Å². The first-order chi connectivity index (χ1) is 11.0. The van der Waals surface area contributed by atoms with Crippen LogP contribution >= 0.6 is 0 Å². The average molecular weight is 314 g/mol. The van der Waals surface area contributed by atoms with Gasteiger partial charge < -0.3 is 10.4 Å². The summed E-state index contributed by atoms with van der Waals surface area (Å²) < 4.78 is 0. The maximum absolute atomic E-state index is 12.5. The summed E-state index contributed by atoms with van der Waals surface area (Å²) in [6.45, 7) is -0.231. The van der Waals surface area contributed by atoms with Crippen molar-refractivity contribution in [3.8, 4) is 5.75 Å². The third-order valence-corrected chi connectivity index (χ3v) is 5.47. The topological polar surface area (TPSA) is 86.7 Å². The molecule has 0 unspecified atom stereocenters. The number of anilines is 1. The number of rotatable bonds is 3. The highest BCUT2D eigenvalue weighted by molar-refractivity contribution is 6.09. The van der Waals surface area contributed by atoms with Gasteiger partial charge in [0.05, 0.1) is 11.8 Å². The molecule has 2 bridgehead atoms. The Hall–Kier alpha value is -2.37. The monoisotopic (exact) mass is 314 g/mol. The van der Waals surface area contributed by atoms with E-state index in [-0.39, 0.29) is 35.9 Å². The van der Waals surface area contributed by atoms with E-state index >= 15 is 0 Å². The quantitative estimate of drug-likeness (QED) is 0.651. The molecule has 2 aliphatic carbocycles. The number of hydrogen-bond donors (Lipinski definition) is 2. The van der Waals surface area contributed by atoms with Gasteiger partial charge >= 0.3 is 0 Å². The van der Waals surface area contributed by atoms with Gasteiger partial charge in [-0.05, 0) is 55.4 Å². The Balaban J connectivity index is 1.44. The Labute approximate surface area is 133 Å². The summed E-state index contributed by atoms with van der Waals surface area (Å²) in [6.07, 6.45) is 3.04. The lowest BCUT2D eigenvalue weighted by molar-refractivity contribution is -0.143. The van der Waals surface area contributed by atoms with Crippen LogP contribution in [0.15, 0.2) is 24.3 Å². The molecule has 2 N–H and O–H groups in total. The number of phenols is 1. The molecule has 1 aliphatic heterocycles. The van der Waals surface area contributed by atoms with Gasteiger partial charge in [0.25, 0.3) is 0 Å². The molecule has 2 saturated carbocycles. The molecule has 3 fully saturated rings. The average Bonchev–Trinajstić information content (AvgIpc) is 3.19. The van der Waals surface area contributed by atoms with Gasteiger partial charge in [-0.2, -0.15) is 0 Å². The number of imide groups is 1. The molecule has 6 heteroatoms. The molecule has 3 aliphatic rings. The zero-order chi connectivity index (χ0) is 16.1. The number of nitrogens with one attached hydrogen (secondary N) is 1. The zero-order valence-corrected chi connectivity index (χ0v) is 12.6. The van der Waals surface area contributed by atoms with Crippen LogP contribution in [-0.4, -0.2) is 34.3 Å². The number of amides is 3. The molecule has 23 heavy (non-hydrogen) atoms. The highest BCUT2D eigenvalue weighted by atomic mass is 16.3. The number of nitrogens with zero attached hydrogens (tertiary/aromatic N) is 1. The molecule has 4 atom stereocenters. The molecule has 1 heterocycles. The van der Waals surface area contributed by atoms with Gasteiger partial charge in [0.2, 0.25) is 17.7 Å². The van der Waals surface area contributed by atoms with Crippen molar-refractivity contribution in [3.63, 3.8) is 0 Å². The number of hydrogen-bond acceptors (Lipinski definition) is 4. The lowest BCUT2D eigenvalue weighted by Crippen LogP contribution is -2.39. The molecule has 0 radical (unpaired) electrons. The zero-order valence-electron chi connectivity index (χ0n) is 12.6. The van der Waals surface area contributed by atoms with Crippen molar-refractivity contribution in [2.24, 2.45) is 23.7 Å². The van der Waals surface area contributed by atoms with Crippen molar-refractivity contribution in [2.75, 3.05) is 11.9 Å². The molecular formula is C17H18N2O4. The molecule has 0 aromatic heterocycles. The Morgan fingerprint density at radius 3 is 2.22 bits per heavy atom. The van der Waals surface area contributed by atoms with E-state index in [9.17, 15) is 19.5 Å². The van der Waals surface area contributed by atoms with Gasteiger partial charge in [-0.25, -0.2) is 0 Å². The molecule has 0 spiro atoms. The molecule has 120 valence electrons. The van der Waals surface area contributed by atoms with Crippen LogP contribution in [0.3, 0.4) is 0 Å². The number of carbonyl (C=O) groups excluding carboxylic acids is 3. The predicted molar refractivity (Wildman–Crippen MR) is 81.3 cm³/mol. The van der Waals surface area contributed by atoms with Gasteiger partial charge in [-0.1, -0.05) is 0 Å². The first kappa shape index (κ1) is 14.2. The minimum Gasteiger partial charge on any atom is -0.508 e. The summed E-state index contributed by atoms with van der Waals surface area (Å²) in [5.41, 5.74) is 0.521. The van der Waals surface area contributed by atoms with Gasteiger partial charge in [0, 0.05) is 5.69 Å². The van der Waals surface area contributed by atoms with Crippen LogP contribution in [0.2, 0.25) is 0 Å². The standard InChI is InChI=1S/C17H18N2O4/c20-12-5-3-11(4-6-12)18-13(21)8-19-16(22)14-9-1-2-10(7-9)15(14)17(19)23/h3-6,9-10,14-15,20H,1-2,7-8H2,(H,18,21)/t9-,10-,14-,15+/m0/s1. The minimum absolute atomic E-state index is 0.108. The van der Waals surface area contributed by atoms with E-state index in [0.717, 1.165) is 24.2 Å². The van der Waals surface area contributed by atoms with Crippen molar-refractivity contribution in [1.82, 2.24) is 4.90 Å².